The van der Waals surface area contributed by atoms with Crippen molar-refractivity contribution in [1.29, 1.82) is 0 Å². The van der Waals surface area contributed by atoms with Crippen LogP contribution in [-0.4, -0.2) is 21.9 Å². The highest BCUT2D eigenvalue weighted by atomic mass is 79.9. The fourth-order valence-electron chi connectivity index (χ4n) is 2.88. The van der Waals surface area contributed by atoms with Crippen LogP contribution < -0.4 is 10.9 Å². The third-order valence-corrected chi connectivity index (χ3v) is 5.03. The molecule has 0 radical (unpaired) electrons. The first-order valence-electron chi connectivity index (χ1n) is 8.82. The molecule has 0 saturated carbocycles. The lowest BCUT2D eigenvalue weighted by Gasteiger charge is -2.07. The Kier molecular flexibility index (Phi) is 5.78. The minimum atomic E-state index is -0.452. The second-order valence-corrected chi connectivity index (χ2v) is 7.72. The minimum absolute atomic E-state index is 0.188. The number of amides is 1. The number of aromatic nitrogens is 2. The number of benzene rings is 2. The lowest BCUT2D eigenvalue weighted by Crippen LogP contribution is -2.22. The zero-order valence-corrected chi connectivity index (χ0v) is 17.7. The normalized spacial score (nSPS) is 11.3. The monoisotopic (exact) mass is 484 g/mol. The number of rotatable bonds is 5. The molecule has 0 saturated heterocycles. The number of hydrogen-bond donors (Lipinski definition) is 1. The Balaban J connectivity index is 1.50. The summed E-state index contributed by atoms with van der Waals surface area (Å²) in [5, 5.41) is 8.84. The third kappa shape index (κ3) is 4.34. The Hall–Kier alpha value is -3.23. The predicted molar refractivity (Wildman–Crippen MR) is 118 cm³/mol. The summed E-state index contributed by atoms with van der Waals surface area (Å²) < 4.78 is 7.93. The van der Waals surface area contributed by atoms with Gasteiger partial charge in [-0.3, -0.25) is 14.3 Å². The number of hydrazone groups is 1. The predicted octanol–water partition coefficient (Wildman–Crippen LogP) is 4.22. The molecule has 0 atom stereocenters. The SMILES string of the molecule is O=C(NN=Cc1coc2ccc(Cl)cc2c1=O)c1ccnn1Cc1cccc(Br)c1. The van der Waals surface area contributed by atoms with Crippen molar-refractivity contribution in [2.45, 2.75) is 6.54 Å². The third-order valence-electron chi connectivity index (χ3n) is 4.30. The van der Waals surface area contributed by atoms with Crippen LogP contribution in [0.1, 0.15) is 21.6 Å². The fourth-order valence-corrected chi connectivity index (χ4v) is 3.50. The molecule has 2 aromatic carbocycles. The molecule has 1 amide bonds. The minimum Gasteiger partial charge on any atom is -0.463 e. The highest BCUT2D eigenvalue weighted by Gasteiger charge is 2.12. The van der Waals surface area contributed by atoms with Gasteiger partial charge < -0.3 is 4.42 Å². The van der Waals surface area contributed by atoms with Crippen molar-refractivity contribution < 1.29 is 9.21 Å². The molecule has 0 aliphatic rings. The van der Waals surface area contributed by atoms with Gasteiger partial charge in [-0.15, -0.1) is 0 Å². The largest absolute Gasteiger partial charge is 0.463 e. The molecule has 150 valence electrons. The number of nitrogens with zero attached hydrogens (tertiary/aromatic N) is 3. The number of carbonyl (C=O) groups is 1. The average molecular weight is 486 g/mol. The Morgan fingerprint density at radius 2 is 2.13 bits per heavy atom. The van der Waals surface area contributed by atoms with Gasteiger partial charge in [0.25, 0.3) is 5.91 Å². The second-order valence-electron chi connectivity index (χ2n) is 6.36. The summed E-state index contributed by atoms with van der Waals surface area (Å²) in [6, 6.07) is 14.1. The molecular formula is C21H14BrClN4O3. The standard InChI is InChI=1S/C21H14BrClN4O3/c22-15-3-1-2-13(8-15)11-27-18(6-7-25-27)21(29)26-24-10-14-12-30-19-5-4-16(23)9-17(19)20(14)28/h1-10,12H,11H2,(H,26,29). The molecular weight excluding hydrogens is 472 g/mol. The Labute approximate surface area is 184 Å². The van der Waals surface area contributed by atoms with Gasteiger partial charge in [0.05, 0.1) is 23.7 Å². The Morgan fingerprint density at radius 3 is 2.97 bits per heavy atom. The maximum Gasteiger partial charge on any atom is 0.289 e. The van der Waals surface area contributed by atoms with Gasteiger partial charge in [-0.2, -0.15) is 10.2 Å². The second kappa shape index (κ2) is 8.64. The Morgan fingerprint density at radius 1 is 1.27 bits per heavy atom. The van der Waals surface area contributed by atoms with E-state index in [1.54, 1.807) is 22.9 Å². The van der Waals surface area contributed by atoms with Gasteiger partial charge in [0, 0.05) is 15.7 Å². The van der Waals surface area contributed by atoms with E-state index in [9.17, 15) is 9.59 Å². The molecule has 0 unspecified atom stereocenters. The molecule has 7 nitrogen and oxygen atoms in total. The van der Waals surface area contributed by atoms with Crippen LogP contribution in [0.3, 0.4) is 0 Å². The van der Waals surface area contributed by atoms with Crippen LogP contribution in [0.5, 0.6) is 0 Å². The summed E-state index contributed by atoms with van der Waals surface area (Å²) in [5.74, 6) is -0.452. The van der Waals surface area contributed by atoms with Crippen molar-refractivity contribution >= 4 is 50.6 Å². The van der Waals surface area contributed by atoms with Gasteiger partial charge in [-0.05, 0) is 42.0 Å². The maximum atomic E-state index is 12.5. The number of carbonyl (C=O) groups excluding carboxylic acids is 1. The molecule has 0 spiro atoms. The fraction of sp³-hybridized carbons (Fsp3) is 0.0476. The topological polar surface area (TPSA) is 89.5 Å². The summed E-state index contributed by atoms with van der Waals surface area (Å²) >= 11 is 9.37. The summed E-state index contributed by atoms with van der Waals surface area (Å²) in [6.45, 7) is 0.425. The lowest BCUT2D eigenvalue weighted by atomic mass is 10.2. The Bertz CT molecular complexity index is 1330. The zero-order chi connectivity index (χ0) is 21.1. The maximum absolute atomic E-state index is 12.5. The highest BCUT2D eigenvalue weighted by Crippen LogP contribution is 2.17. The van der Waals surface area contributed by atoms with E-state index in [-0.39, 0.29) is 11.0 Å². The first-order chi connectivity index (χ1) is 14.5. The van der Waals surface area contributed by atoms with E-state index in [0.717, 1.165) is 10.0 Å². The molecule has 1 N–H and O–H groups in total. The van der Waals surface area contributed by atoms with Crippen molar-refractivity contribution in [3.63, 3.8) is 0 Å². The van der Waals surface area contributed by atoms with Gasteiger partial charge in [0.15, 0.2) is 0 Å². The van der Waals surface area contributed by atoms with E-state index in [1.165, 1.54) is 24.7 Å². The summed E-state index contributed by atoms with van der Waals surface area (Å²) in [4.78, 5) is 25.0. The summed E-state index contributed by atoms with van der Waals surface area (Å²) in [6.07, 6.45) is 4.06. The summed E-state index contributed by atoms with van der Waals surface area (Å²) in [7, 11) is 0. The van der Waals surface area contributed by atoms with Crippen molar-refractivity contribution in [2.24, 2.45) is 5.10 Å². The molecule has 0 bridgehead atoms. The molecule has 2 aromatic heterocycles. The van der Waals surface area contributed by atoms with Crippen LogP contribution in [0.25, 0.3) is 11.0 Å². The van der Waals surface area contributed by atoms with Gasteiger partial charge in [0.2, 0.25) is 5.43 Å². The molecule has 2 heterocycles. The van der Waals surface area contributed by atoms with Gasteiger partial charge >= 0.3 is 0 Å². The lowest BCUT2D eigenvalue weighted by molar-refractivity contribution is 0.0945. The van der Waals surface area contributed by atoms with Gasteiger partial charge in [0.1, 0.15) is 17.5 Å². The smallest absolute Gasteiger partial charge is 0.289 e. The molecule has 0 fully saturated rings. The molecule has 0 aliphatic carbocycles. The van der Waals surface area contributed by atoms with Crippen LogP contribution in [0, 0.1) is 0 Å². The van der Waals surface area contributed by atoms with Crippen molar-refractivity contribution in [1.82, 2.24) is 15.2 Å². The van der Waals surface area contributed by atoms with Crippen molar-refractivity contribution in [3.05, 3.63) is 97.5 Å². The molecule has 4 rings (SSSR count). The van der Waals surface area contributed by atoms with Crippen LogP contribution in [0.4, 0.5) is 0 Å². The van der Waals surface area contributed by atoms with E-state index in [2.05, 4.69) is 31.6 Å². The van der Waals surface area contributed by atoms with Crippen LogP contribution in [0.2, 0.25) is 5.02 Å². The van der Waals surface area contributed by atoms with Crippen molar-refractivity contribution in [2.75, 3.05) is 0 Å². The number of fused-ring (bicyclic) bond motifs is 1. The number of halogens is 2. The van der Waals surface area contributed by atoms with E-state index >= 15 is 0 Å². The average Bonchev–Trinajstić information content (AvgIpc) is 3.18. The van der Waals surface area contributed by atoms with E-state index in [0.29, 0.717) is 28.2 Å². The summed E-state index contributed by atoms with van der Waals surface area (Å²) in [5.41, 5.74) is 4.04. The van der Waals surface area contributed by atoms with Crippen molar-refractivity contribution in [3.8, 4) is 0 Å². The van der Waals surface area contributed by atoms with Gasteiger partial charge in [-0.25, -0.2) is 5.43 Å². The first-order valence-corrected chi connectivity index (χ1v) is 9.99. The van der Waals surface area contributed by atoms with E-state index < -0.39 is 5.91 Å². The zero-order valence-electron chi connectivity index (χ0n) is 15.4. The number of hydrogen-bond acceptors (Lipinski definition) is 5. The molecule has 30 heavy (non-hydrogen) atoms. The van der Waals surface area contributed by atoms with Crippen LogP contribution >= 0.6 is 27.5 Å². The van der Waals surface area contributed by atoms with E-state index in [1.807, 2.05) is 24.3 Å². The van der Waals surface area contributed by atoms with Gasteiger partial charge in [-0.1, -0.05) is 39.7 Å². The van der Waals surface area contributed by atoms with Crippen LogP contribution in [0.15, 0.2) is 79.8 Å². The highest BCUT2D eigenvalue weighted by molar-refractivity contribution is 9.10. The molecule has 9 heteroatoms. The first kappa shape index (κ1) is 20.1. The molecule has 0 aliphatic heterocycles. The quantitative estimate of drug-likeness (QED) is 0.339. The number of nitrogens with one attached hydrogen (secondary N) is 1. The molecule has 4 aromatic rings. The van der Waals surface area contributed by atoms with E-state index in [4.69, 9.17) is 16.0 Å². The van der Waals surface area contributed by atoms with Crippen LogP contribution in [-0.2, 0) is 6.54 Å².